The Morgan fingerprint density at radius 1 is 1.04 bits per heavy atom. The Morgan fingerprint density at radius 2 is 1.75 bits per heavy atom. The standard InChI is InChI=1S/C18H18N2O3S/c19-14(12-21)11-13-5-7-15(8-6-13)24(22,23)18-9-10-20-17-4-2-1-3-16(17)18/h1-10,14,21H,11-12,19H2/t14-/m0/s1. The Labute approximate surface area is 140 Å². The maximum Gasteiger partial charge on any atom is 0.207 e. The number of hydrogen-bond donors (Lipinski definition) is 2. The van der Waals surface area contributed by atoms with Crippen LogP contribution in [0.4, 0.5) is 0 Å². The van der Waals surface area contributed by atoms with Gasteiger partial charge in [-0.15, -0.1) is 0 Å². The number of aliphatic hydroxyl groups is 1. The second kappa shape index (κ2) is 6.68. The molecule has 0 radical (unpaired) electrons. The van der Waals surface area contributed by atoms with Crippen molar-refractivity contribution in [2.75, 3.05) is 6.61 Å². The lowest BCUT2D eigenvalue weighted by Crippen LogP contribution is -2.26. The third kappa shape index (κ3) is 3.17. The van der Waals surface area contributed by atoms with Crippen LogP contribution in [0.1, 0.15) is 5.56 Å². The SMILES string of the molecule is N[C@H](CO)Cc1ccc(S(=O)(=O)c2ccnc3ccccc23)cc1. The lowest BCUT2D eigenvalue weighted by atomic mass is 10.1. The third-order valence-electron chi connectivity index (χ3n) is 3.86. The molecule has 0 unspecified atom stereocenters. The summed E-state index contributed by atoms with van der Waals surface area (Å²) in [6, 6.07) is 14.9. The van der Waals surface area contributed by atoms with Crippen molar-refractivity contribution in [3.63, 3.8) is 0 Å². The van der Waals surface area contributed by atoms with Crippen LogP contribution in [0.5, 0.6) is 0 Å². The molecule has 0 spiro atoms. The number of nitrogens with two attached hydrogens (primary N) is 1. The monoisotopic (exact) mass is 342 g/mol. The maximum atomic E-state index is 12.9. The van der Waals surface area contributed by atoms with Gasteiger partial charge < -0.3 is 10.8 Å². The van der Waals surface area contributed by atoms with Gasteiger partial charge in [0.05, 0.1) is 21.9 Å². The van der Waals surface area contributed by atoms with Gasteiger partial charge in [-0.05, 0) is 36.2 Å². The minimum Gasteiger partial charge on any atom is -0.395 e. The van der Waals surface area contributed by atoms with Crippen LogP contribution >= 0.6 is 0 Å². The van der Waals surface area contributed by atoms with Crippen LogP contribution in [0, 0.1) is 0 Å². The molecule has 0 saturated carbocycles. The van der Waals surface area contributed by atoms with Crippen molar-refractivity contribution in [2.45, 2.75) is 22.3 Å². The molecule has 0 fully saturated rings. The topological polar surface area (TPSA) is 93.3 Å². The number of aromatic nitrogens is 1. The van der Waals surface area contributed by atoms with E-state index in [1.807, 2.05) is 6.07 Å². The third-order valence-corrected chi connectivity index (χ3v) is 5.69. The van der Waals surface area contributed by atoms with Crippen LogP contribution in [0.15, 0.2) is 70.6 Å². The van der Waals surface area contributed by atoms with E-state index < -0.39 is 9.84 Å². The summed E-state index contributed by atoms with van der Waals surface area (Å²) in [6.07, 6.45) is 2.00. The molecule has 0 aliphatic rings. The largest absolute Gasteiger partial charge is 0.395 e. The van der Waals surface area contributed by atoms with Crippen LogP contribution in [-0.4, -0.2) is 31.2 Å². The first kappa shape index (κ1) is 16.6. The molecule has 1 atom stereocenters. The van der Waals surface area contributed by atoms with E-state index in [-0.39, 0.29) is 22.4 Å². The normalized spacial score (nSPS) is 13.1. The highest BCUT2D eigenvalue weighted by Gasteiger charge is 2.20. The van der Waals surface area contributed by atoms with E-state index in [1.54, 1.807) is 42.5 Å². The Hall–Kier alpha value is -2.28. The van der Waals surface area contributed by atoms with Gasteiger partial charge in [-0.1, -0.05) is 30.3 Å². The van der Waals surface area contributed by atoms with Crippen LogP contribution in [-0.2, 0) is 16.3 Å². The lowest BCUT2D eigenvalue weighted by Gasteiger charge is -2.10. The molecule has 1 heterocycles. The lowest BCUT2D eigenvalue weighted by molar-refractivity contribution is 0.265. The van der Waals surface area contributed by atoms with Crippen molar-refractivity contribution < 1.29 is 13.5 Å². The average molecular weight is 342 g/mol. The number of para-hydroxylation sites is 1. The van der Waals surface area contributed by atoms with Crippen molar-refractivity contribution in [1.82, 2.24) is 4.98 Å². The molecule has 1 aromatic heterocycles. The van der Waals surface area contributed by atoms with Crippen molar-refractivity contribution in [1.29, 1.82) is 0 Å². The number of hydrogen-bond acceptors (Lipinski definition) is 5. The summed E-state index contributed by atoms with van der Waals surface area (Å²) in [4.78, 5) is 4.67. The molecule has 3 aromatic rings. The van der Waals surface area contributed by atoms with Crippen LogP contribution in [0.25, 0.3) is 10.9 Å². The van der Waals surface area contributed by atoms with E-state index in [2.05, 4.69) is 4.98 Å². The fourth-order valence-electron chi connectivity index (χ4n) is 2.60. The molecular formula is C18H18N2O3S. The number of sulfone groups is 1. The number of benzene rings is 2. The molecule has 6 heteroatoms. The van der Waals surface area contributed by atoms with Crippen molar-refractivity contribution in [3.8, 4) is 0 Å². The zero-order valence-electron chi connectivity index (χ0n) is 13.0. The Bertz CT molecular complexity index is 948. The molecule has 0 bridgehead atoms. The van der Waals surface area contributed by atoms with E-state index in [0.29, 0.717) is 17.3 Å². The second-order valence-electron chi connectivity index (χ2n) is 5.62. The summed E-state index contributed by atoms with van der Waals surface area (Å²) in [5.74, 6) is 0. The predicted molar refractivity (Wildman–Crippen MR) is 92.4 cm³/mol. The van der Waals surface area contributed by atoms with E-state index in [0.717, 1.165) is 5.56 Å². The van der Waals surface area contributed by atoms with Gasteiger partial charge in [0.2, 0.25) is 9.84 Å². The Kier molecular flexibility index (Phi) is 4.62. The van der Waals surface area contributed by atoms with Gasteiger partial charge in [-0.2, -0.15) is 0 Å². The van der Waals surface area contributed by atoms with Gasteiger partial charge in [0.1, 0.15) is 0 Å². The summed E-state index contributed by atoms with van der Waals surface area (Å²) in [6.45, 7) is -0.108. The van der Waals surface area contributed by atoms with Crippen LogP contribution < -0.4 is 5.73 Å². The molecule has 24 heavy (non-hydrogen) atoms. The molecule has 124 valence electrons. The van der Waals surface area contributed by atoms with Gasteiger partial charge in [0, 0.05) is 17.6 Å². The van der Waals surface area contributed by atoms with E-state index in [9.17, 15) is 8.42 Å². The minimum atomic E-state index is -3.64. The number of fused-ring (bicyclic) bond motifs is 1. The molecule has 3 N–H and O–H groups in total. The zero-order valence-corrected chi connectivity index (χ0v) is 13.8. The van der Waals surface area contributed by atoms with Crippen LogP contribution in [0.3, 0.4) is 0 Å². The quantitative estimate of drug-likeness (QED) is 0.739. The number of aliphatic hydroxyl groups excluding tert-OH is 1. The Balaban J connectivity index is 2.01. The number of rotatable bonds is 5. The van der Waals surface area contributed by atoms with Gasteiger partial charge in [0.15, 0.2) is 0 Å². The summed E-state index contributed by atoms with van der Waals surface area (Å²) in [5.41, 5.74) is 7.23. The first-order chi connectivity index (χ1) is 11.5. The molecule has 5 nitrogen and oxygen atoms in total. The smallest absolute Gasteiger partial charge is 0.207 e. The second-order valence-corrected chi connectivity index (χ2v) is 7.54. The first-order valence-corrected chi connectivity index (χ1v) is 9.05. The zero-order chi connectivity index (χ0) is 17.2. The van der Waals surface area contributed by atoms with Crippen molar-refractivity contribution in [3.05, 3.63) is 66.4 Å². The molecule has 0 amide bonds. The molecule has 0 aliphatic carbocycles. The van der Waals surface area contributed by atoms with Crippen LogP contribution in [0.2, 0.25) is 0 Å². The average Bonchev–Trinajstić information content (AvgIpc) is 2.61. The maximum absolute atomic E-state index is 12.9. The highest BCUT2D eigenvalue weighted by molar-refractivity contribution is 7.91. The highest BCUT2D eigenvalue weighted by Crippen LogP contribution is 2.27. The minimum absolute atomic E-state index is 0.108. The summed E-state index contributed by atoms with van der Waals surface area (Å²) in [7, 11) is -3.64. The summed E-state index contributed by atoms with van der Waals surface area (Å²) >= 11 is 0. The van der Waals surface area contributed by atoms with Gasteiger partial charge in [0.25, 0.3) is 0 Å². The molecule has 0 saturated heterocycles. The predicted octanol–water partition coefficient (Wildman–Crippen LogP) is 1.93. The fourth-order valence-corrected chi connectivity index (χ4v) is 4.05. The number of pyridine rings is 1. The number of nitrogens with zero attached hydrogens (tertiary/aromatic N) is 1. The van der Waals surface area contributed by atoms with E-state index in [4.69, 9.17) is 10.8 Å². The van der Waals surface area contributed by atoms with E-state index in [1.165, 1.54) is 12.3 Å². The van der Waals surface area contributed by atoms with Gasteiger partial charge in [-0.25, -0.2) is 8.42 Å². The van der Waals surface area contributed by atoms with E-state index >= 15 is 0 Å². The van der Waals surface area contributed by atoms with Gasteiger partial charge >= 0.3 is 0 Å². The molecule has 0 aliphatic heterocycles. The first-order valence-electron chi connectivity index (χ1n) is 7.56. The summed E-state index contributed by atoms with van der Waals surface area (Å²) < 4.78 is 25.9. The fraction of sp³-hybridized carbons (Fsp3) is 0.167. The van der Waals surface area contributed by atoms with Crippen molar-refractivity contribution in [2.24, 2.45) is 5.73 Å². The summed E-state index contributed by atoms with van der Waals surface area (Å²) in [5, 5.41) is 9.61. The highest BCUT2D eigenvalue weighted by atomic mass is 32.2. The van der Waals surface area contributed by atoms with Gasteiger partial charge in [-0.3, -0.25) is 4.98 Å². The molecular weight excluding hydrogens is 324 g/mol. The Morgan fingerprint density at radius 3 is 2.46 bits per heavy atom. The molecule has 2 aromatic carbocycles. The molecule has 3 rings (SSSR count). The van der Waals surface area contributed by atoms with Crippen molar-refractivity contribution >= 4 is 20.7 Å².